The fourth-order valence-corrected chi connectivity index (χ4v) is 7.59. The number of carbonyl (C=O) groups is 3. The van der Waals surface area contributed by atoms with Gasteiger partial charge in [-0.25, -0.2) is 0 Å². The van der Waals surface area contributed by atoms with Crippen LogP contribution in [0.3, 0.4) is 0 Å². The van der Waals surface area contributed by atoms with Crippen LogP contribution >= 0.6 is 0 Å². The van der Waals surface area contributed by atoms with Crippen molar-refractivity contribution in [3.8, 4) is 0 Å². The summed E-state index contributed by atoms with van der Waals surface area (Å²) in [6, 6.07) is 0. The lowest BCUT2D eigenvalue weighted by atomic mass is 9.86. The molecule has 172 valence electrons. The smallest absolute Gasteiger partial charge is 0.224 e. The largest absolute Gasteiger partial charge is 0.356 e. The third-order valence-electron chi connectivity index (χ3n) is 9.30. The quantitative estimate of drug-likeness (QED) is 0.677. The lowest BCUT2D eigenvalue weighted by Crippen LogP contribution is -2.51. The Kier molecular flexibility index (Phi) is 6.25. The van der Waals surface area contributed by atoms with E-state index in [2.05, 4.69) is 5.32 Å². The highest BCUT2D eigenvalue weighted by atomic mass is 16.2. The van der Waals surface area contributed by atoms with E-state index in [1.807, 2.05) is 9.80 Å². The molecule has 0 aromatic heterocycles. The van der Waals surface area contributed by atoms with Gasteiger partial charge >= 0.3 is 0 Å². The molecule has 1 aliphatic heterocycles. The van der Waals surface area contributed by atoms with Crippen LogP contribution in [-0.2, 0) is 14.4 Å². The van der Waals surface area contributed by atoms with Gasteiger partial charge in [0, 0.05) is 52.0 Å². The molecule has 6 heteroatoms. The van der Waals surface area contributed by atoms with Gasteiger partial charge in [0.25, 0.3) is 0 Å². The molecular weight excluding hydrogens is 390 g/mol. The van der Waals surface area contributed by atoms with Crippen molar-refractivity contribution in [1.29, 1.82) is 0 Å². The molecule has 5 aliphatic rings. The van der Waals surface area contributed by atoms with Gasteiger partial charge in [0.1, 0.15) is 0 Å². The van der Waals surface area contributed by atoms with E-state index in [9.17, 15) is 14.4 Å². The second-order valence-electron chi connectivity index (χ2n) is 11.1. The number of hydrogen-bond acceptors (Lipinski definition) is 3. The van der Waals surface area contributed by atoms with Gasteiger partial charge in [0.05, 0.1) is 0 Å². The molecule has 0 radical (unpaired) electrons. The van der Waals surface area contributed by atoms with Crippen molar-refractivity contribution in [2.24, 2.45) is 35.5 Å². The molecule has 4 saturated carbocycles. The number of nitrogens with one attached hydrogen (secondary N) is 1. The highest BCUT2D eigenvalue weighted by Gasteiger charge is 2.41. The first-order valence-electron chi connectivity index (χ1n) is 12.9. The molecule has 1 N–H and O–H groups in total. The van der Waals surface area contributed by atoms with Crippen molar-refractivity contribution in [1.82, 2.24) is 15.1 Å². The molecular formula is C25H39N3O3. The van der Waals surface area contributed by atoms with E-state index >= 15 is 0 Å². The van der Waals surface area contributed by atoms with Crippen LogP contribution in [-0.4, -0.2) is 60.2 Å². The highest BCUT2D eigenvalue weighted by molar-refractivity contribution is 5.80. The van der Waals surface area contributed by atoms with E-state index in [-0.39, 0.29) is 17.7 Å². The van der Waals surface area contributed by atoms with Gasteiger partial charge in [-0.15, -0.1) is 0 Å². The average Bonchev–Trinajstić information content (AvgIpc) is 3.56. The molecule has 5 rings (SSSR count). The van der Waals surface area contributed by atoms with E-state index in [4.69, 9.17) is 0 Å². The van der Waals surface area contributed by atoms with Gasteiger partial charge in [-0.05, 0) is 74.0 Å². The third-order valence-corrected chi connectivity index (χ3v) is 9.30. The summed E-state index contributed by atoms with van der Waals surface area (Å²) in [4.78, 5) is 41.3. The van der Waals surface area contributed by atoms with Crippen LogP contribution in [0.2, 0.25) is 0 Å². The maximum Gasteiger partial charge on any atom is 0.224 e. The van der Waals surface area contributed by atoms with Crippen LogP contribution in [0.15, 0.2) is 0 Å². The predicted molar refractivity (Wildman–Crippen MR) is 118 cm³/mol. The zero-order chi connectivity index (χ0) is 21.4. The average molecular weight is 430 g/mol. The maximum absolute atomic E-state index is 12.7. The second-order valence-corrected chi connectivity index (χ2v) is 11.1. The SMILES string of the molecule is O=C(CC1CC2CCC1C2)NCCC(=O)N1CCN(C(=O)CC2CC3CCC2C3)CC1. The Morgan fingerprint density at radius 3 is 1.74 bits per heavy atom. The number of rotatable bonds is 7. The van der Waals surface area contributed by atoms with Gasteiger partial charge in [-0.2, -0.15) is 0 Å². The van der Waals surface area contributed by atoms with Gasteiger partial charge in [-0.3, -0.25) is 14.4 Å². The van der Waals surface area contributed by atoms with Crippen molar-refractivity contribution in [3.63, 3.8) is 0 Å². The molecule has 0 aromatic rings. The number of amides is 3. The number of hydrogen-bond donors (Lipinski definition) is 1. The van der Waals surface area contributed by atoms with Crippen LogP contribution in [0, 0.1) is 35.5 Å². The number of nitrogens with zero attached hydrogens (tertiary/aromatic N) is 2. The molecule has 5 fully saturated rings. The van der Waals surface area contributed by atoms with Crippen molar-refractivity contribution in [3.05, 3.63) is 0 Å². The minimum atomic E-state index is 0.0976. The first-order valence-corrected chi connectivity index (χ1v) is 12.9. The minimum Gasteiger partial charge on any atom is -0.356 e. The van der Waals surface area contributed by atoms with Gasteiger partial charge < -0.3 is 15.1 Å². The summed E-state index contributed by atoms with van der Waals surface area (Å²) in [5.74, 6) is 4.97. The van der Waals surface area contributed by atoms with Crippen LogP contribution in [0.5, 0.6) is 0 Å². The molecule has 4 aliphatic carbocycles. The first kappa shape index (κ1) is 21.3. The van der Waals surface area contributed by atoms with Crippen molar-refractivity contribution < 1.29 is 14.4 Å². The first-order chi connectivity index (χ1) is 15.0. The zero-order valence-electron chi connectivity index (χ0n) is 18.9. The molecule has 1 saturated heterocycles. The molecule has 6 nitrogen and oxygen atoms in total. The summed E-state index contributed by atoms with van der Waals surface area (Å²) in [5, 5.41) is 2.97. The van der Waals surface area contributed by atoms with E-state index in [0.717, 1.165) is 23.7 Å². The fraction of sp³-hybridized carbons (Fsp3) is 0.880. The highest BCUT2D eigenvalue weighted by Crippen LogP contribution is 2.50. The summed E-state index contributed by atoms with van der Waals surface area (Å²) in [6.45, 7) is 2.99. The Bertz CT molecular complexity index is 702. The summed E-state index contributed by atoms with van der Waals surface area (Å²) >= 11 is 0. The Balaban J connectivity index is 0.967. The summed E-state index contributed by atoms with van der Waals surface area (Å²) in [7, 11) is 0. The standard InChI is InChI=1S/C25H39N3O3/c29-23(15-21-13-17-1-3-19(21)11-17)26-6-5-24(30)27-7-9-28(10-8-27)25(31)16-22-14-18-2-4-20(22)12-18/h17-22H,1-16H2,(H,26,29). The van der Waals surface area contributed by atoms with E-state index < -0.39 is 0 Å². The Morgan fingerprint density at radius 1 is 0.677 bits per heavy atom. The molecule has 6 atom stereocenters. The number of carbonyl (C=O) groups excluding carboxylic acids is 3. The molecule has 4 bridgehead atoms. The molecule has 1 heterocycles. The maximum atomic E-state index is 12.7. The number of piperazine rings is 1. The number of fused-ring (bicyclic) bond motifs is 4. The fourth-order valence-electron chi connectivity index (χ4n) is 7.59. The van der Waals surface area contributed by atoms with Crippen LogP contribution in [0.1, 0.15) is 70.6 Å². The molecule has 31 heavy (non-hydrogen) atoms. The lowest BCUT2D eigenvalue weighted by molar-refractivity contribution is -0.140. The van der Waals surface area contributed by atoms with Gasteiger partial charge in [0.15, 0.2) is 0 Å². The zero-order valence-corrected chi connectivity index (χ0v) is 18.9. The Hall–Kier alpha value is -1.59. The van der Waals surface area contributed by atoms with Crippen LogP contribution in [0.4, 0.5) is 0 Å². The predicted octanol–water partition coefficient (Wildman–Crippen LogP) is 2.82. The lowest BCUT2D eigenvalue weighted by Gasteiger charge is -2.36. The summed E-state index contributed by atoms with van der Waals surface area (Å²) in [5.41, 5.74) is 0. The van der Waals surface area contributed by atoms with Crippen molar-refractivity contribution in [2.75, 3.05) is 32.7 Å². The van der Waals surface area contributed by atoms with Crippen molar-refractivity contribution in [2.45, 2.75) is 70.6 Å². The Labute approximate surface area is 186 Å². The third kappa shape index (κ3) is 4.78. The van der Waals surface area contributed by atoms with Crippen molar-refractivity contribution >= 4 is 17.7 Å². The summed E-state index contributed by atoms with van der Waals surface area (Å²) in [6.07, 6.45) is 12.2. The topological polar surface area (TPSA) is 69.7 Å². The monoisotopic (exact) mass is 429 g/mol. The van der Waals surface area contributed by atoms with E-state index in [1.54, 1.807) is 0 Å². The normalized spacial score (nSPS) is 36.3. The van der Waals surface area contributed by atoms with Gasteiger partial charge in [0.2, 0.25) is 17.7 Å². The van der Waals surface area contributed by atoms with Crippen LogP contribution < -0.4 is 5.32 Å². The van der Waals surface area contributed by atoms with Gasteiger partial charge in [-0.1, -0.05) is 12.8 Å². The van der Waals surface area contributed by atoms with E-state index in [1.165, 1.54) is 51.4 Å². The molecule has 3 amide bonds. The molecule has 0 spiro atoms. The minimum absolute atomic E-state index is 0.0976. The van der Waals surface area contributed by atoms with Crippen LogP contribution in [0.25, 0.3) is 0 Å². The molecule has 6 unspecified atom stereocenters. The second kappa shape index (κ2) is 9.11. The van der Waals surface area contributed by atoms with E-state index in [0.29, 0.717) is 63.8 Å². The summed E-state index contributed by atoms with van der Waals surface area (Å²) < 4.78 is 0. The molecule has 0 aromatic carbocycles. The Morgan fingerprint density at radius 2 is 1.23 bits per heavy atom.